The van der Waals surface area contributed by atoms with Gasteiger partial charge >= 0.3 is 5.69 Å². The molecule has 0 fully saturated rings. The van der Waals surface area contributed by atoms with Crippen molar-refractivity contribution in [3.63, 3.8) is 0 Å². The minimum absolute atomic E-state index is 0.224. The van der Waals surface area contributed by atoms with E-state index in [1.807, 2.05) is 0 Å². The number of phenols is 1. The predicted molar refractivity (Wildman–Crippen MR) is 104 cm³/mol. The van der Waals surface area contributed by atoms with Crippen molar-refractivity contribution >= 4 is 28.8 Å². The maximum Gasteiger partial charge on any atom is 0.318 e. The van der Waals surface area contributed by atoms with Crippen LogP contribution >= 0.6 is 0 Å². The molecule has 14 heteroatoms. The Hall–Kier alpha value is -4.33. The van der Waals surface area contributed by atoms with Gasteiger partial charge in [0.25, 0.3) is 11.6 Å². The number of nitrogens with zero attached hydrogens (tertiary/aromatic N) is 2. The Morgan fingerprint density at radius 1 is 1.09 bits per heavy atom. The summed E-state index contributed by atoms with van der Waals surface area (Å²) in [5.41, 5.74) is -2.25. The molecular formula is C19H15N3O11. The lowest BCUT2D eigenvalue weighted by molar-refractivity contribution is -0.395. The fourth-order valence-electron chi connectivity index (χ4n) is 4.96. The van der Waals surface area contributed by atoms with Crippen LogP contribution in [-0.2, 0) is 16.0 Å². The zero-order valence-corrected chi connectivity index (χ0v) is 16.5. The summed E-state index contributed by atoms with van der Waals surface area (Å²) >= 11 is 0. The number of allylic oxidation sites excluding steroid dienone is 2. The van der Waals surface area contributed by atoms with Crippen LogP contribution in [0.15, 0.2) is 28.7 Å². The molecule has 0 aliphatic heterocycles. The molecule has 0 heterocycles. The van der Waals surface area contributed by atoms with E-state index in [2.05, 4.69) is 0 Å². The Morgan fingerprint density at radius 2 is 1.70 bits per heavy atom. The first-order chi connectivity index (χ1) is 15.3. The second-order valence-corrected chi connectivity index (χ2v) is 8.04. The van der Waals surface area contributed by atoms with Crippen LogP contribution in [0.1, 0.15) is 28.8 Å². The lowest BCUT2D eigenvalue weighted by atomic mass is 9.60. The molecule has 4 rings (SSSR count). The van der Waals surface area contributed by atoms with Gasteiger partial charge in [0.05, 0.1) is 21.5 Å². The Labute approximate surface area is 182 Å². The van der Waals surface area contributed by atoms with Gasteiger partial charge in [0, 0.05) is 23.5 Å². The molecule has 1 amide bonds. The monoisotopic (exact) mass is 461 g/mol. The summed E-state index contributed by atoms with van der Waals surface area (Å²) < 4.78 is 0. The second-order valence-electron chi connectivity index (χ2n) is 8.04. The number of nitro benzene ring substituents is 2. The number of ketones is 2. The molecule has 0 radical (unpaired) electrons. The van der Waals surface area contributed by atoms with Crippen LogP contribution in [0.2, 0.25) is 0 Å². The number of hydrogen-bond donors (Lipinski definition) is 5. The van der Waals surface area contributed by atoms with Crippen molar-refractivity contribution < 1.29 is 44.7 Å². The van der Waals surface area contributed by atoms with Crippen molar-refractivity contribution in [2.75, 3.05) is 0 Å². The zero-order valence-electron chi connectivity index (χ0n) is 16.5. The van der Waals surface area contributed by atoms with Gasteiger partial charge < -0.3 is 26.2 Å². The summed E-state index contributed by atoms with van der Waals surface area (Å²) in [5.74, 6) is -9.28. The number of rotatable bonds is 3. The van der Waals surface area contributed by atoms with Crippen LogP contribution in [0.4, 0.5) is 11.4 Å². The van der Waals surface area contributed by atoms with E-state index in [1.165, 1.54) is 0 Å². The molecule has 3 aliphatic carbocycles. The van der Waals surface area contributed by atoms with Gasteiger partial charge in [-0.3, -0.25) is 34.6 Å². The highest BCUT2D eigenvalue weighted by Crippen LogP contribution is 2.53. The van der Waals surface area contributed by atoms with E-state index < -0.39 is 96.5 Å². The Balaban J connectivity index is 1.97. The van der Waals surface area contributed by atoms with E-state index in [1.54, 1.807) is 0 Å². The maximum absolute atomic E-state index is 13.2. The number of hydrogen-bond acceptors (Lipinski definition) is 11. The topological polar surface area (TPSA) is 244 Å². The molecule has 1 aromatic carbocycles. The van der Waals surface area contributed by atoms with E-state index in [0.29, 0.717) is 6.07 Å². The molecule has 14 nitrogen and oxygen atoms in total. The number of aliphatic hydroxyl groups excluding tert-OH is 2. The molecule has 3 atom stereocenters. The summed E-state index contributed by atoms with van der Waals surface area (Å²) in [7, 11) is 0. The standard InChI is InChI=1S/C19H15N3O11/c20-18(28)13-10(23)3-6-1-5-2-7-8(21(30)31)4-9(22(32)33)14(24)12(7)15(25)11(5)16(26)19(6,29)17(13)27/h4-6,23-24,26,29H,1-3H2,(H2,20,28)/t5?,6?,19-/m0/s1. The minimum atomic E-state index is -2.81. The summed E-state index contributed by atoms with van der Waals surface area (Å²) in [6.07, 6.45) is -1.02. The summed E-state index contributed by atoms with van der Waals surface area (Å²) in [4.78, 5) is 58.3. The molecule has 3 aliphatic rings. The van der Waals surface area contributed by atoms with Gasteiger partial charge in [0.1, 0.15) is 17.1 Å². The van der Waals surface area contributed by atoms with Crippen molar-refractivity contribution in [1.29, 1.82) is 0 Å². The number of Topliss-reactive ketones (excluding diaryl/α,β-unsaturated/α-hetero) is 2. The number of carbonyl (C=O) groups is 3. The maximum atomic E-state index is 13.2. The number of fused-ring (bicyclic) bond motifs is 3. The average molecular weight is 461 g/mol. The number of amides is 1. The largest absolute Gasteiger partial charge is 0.511 e. The molecule has 0 aromatic heterocycles. The third-order valence-corrected chi connectivity index (χ3v) is 6.41. The fraction of sp³-hybridized carbons (Fsp3) is 0.316. The Morgan fingerprint density at radius 3 is 2.24 bits per heavy atom. The molecule has 1 aromatic rings. The van der Waals surface area contributed by atoms with Crippen molar-refractivity contribution in [2.45, 2.75) is 24.9 Å². The Bertz CT molecular complexity index is 1280. The fourth-order valence-corrected chi connectivity index (χ4v) is 4.96. The average Bonchev–Trinajstić information content (AvgIpc) is 2.70. The quantitative estimate of drug-likeness (QED) is 0.234. The van der Waals surface area contributed by atoms with Crippen molar-refractivity contribution in [1.82, 2.24) is 0 Å². The molecule has 0 saturated carbocycles. The van der Waals surface area contributed by atoms with E-state index in [-0.39, 0.29) is 18.4 Å². The van der Waals surface area contributed by atoms with E-state index in [0.717, 1.165) is 0 Å². The molecule has 0 saturated heterocycles. The number of nitro groups is 2. The summed E-state index contributed by atoms with van der Waals surface area (Å²) in [6.45, 7) is 0. The normalized spacial score (nSPS) is 26.5. The van der Waals surface area contributed by atoms with Crippen molar-refractivity contribution in [3.8, 4) is 5.75 Å². The number of phenolic OH excluding ortho intramolecular Hbond substituents is 1. The van der Waals surface area contributed by atoms with E-state index in [4.69, 9.17) is 5.73 Å². The van der Waals surface area contributed by atoms with Crippen LogP contribution in [0.5, 0.6) is 5.75 Å². The lowest BCUT2D eigenvalue weighted by Crippen LogP contribution is -2.57. The summed E-state index contributed by atoms with van der Waals surface area (Å²) in [5, 5.41) is 65.1. The van der Waals surface area contributed by atoms with E-state index in [9.17, 15) is 55.0 Å². The van der Waals surface area contributed by atoms with Crippen LogP contribution in [0.3, 0.4) is 0 Å². The van der Waals surface area contributed by atoms with Gasteiger partial charge in [0.15, 0.2) is 11.4 Å². The van der Waals surface area contributed by atoms with Crippen molar-refractivity contribution in [2.24, 2.45) is 17.6 Å². The van der Waals surface area contributed by atoms with E-state index >= 15 is 0 Å². The molecule has 172 valence electrons. The highest BCUT2D eigenvalue weighted by molar-refractivity contribution is 6.24. The van der Waals surface area contributed by atoms with Gasteiger partial charge in [-0.15, -0.1) is 0 Å². The molecule has 6 N–H and O–H groups in total. The predicted octanol–water partition coefficient (Wildman–Crippen LogP) is 0.397. The highest BCUT2D eigenvalue weighted by atomic mass is 16.6. The first-order valence-corrected chi connectivity index (χ1v) is 9.47. The van der Waals surface area contributed by atoms with Gasteiger partial charge in [0.2, 0.25) is 11.5 Å². The van der Waals surface area contributed by atoms with Crippen molar-refractivity contribution in [3.05, 3.63) is 60.1 Å². The first kappa shape index (κ1) is 21.9. The van der Waals surface area contributed by atoms with Gasteiger partial charge in [-0.1, -0.05) is 0 Å². The molecule has 0 bridgehead atoms. The third kappa shape index (κ3) is 2.73. The van der Waals surface area contributed by atoms with Gasteiger partial charge in [-0.25, -0.2) is 0 Å². The van der Waals surface area contributed by atoms with Gasteiger partial charge in [-0.05, 0) is 18.8 Å². The lowest BCUT2D eigenvalue weighted by Gasteiger charge is -2.45. The van der Waals surface area contributed by atoms with Crippen LogP contribution < -0.4 is 5.73 Å². The second kappa shape index (κ2) is 6.83. The van der Waals surface area contributed by atoms with Crippen LogP contribution in [0.25, 0.3) is 0 Å². The number of benzene rings is 1. The molecule has 33 heavy (non-hydrogen) atoms. The SMILES string of the molecule is NC(=O)C1=C(O)CC2CC3Cc4c([N+](=O)[O-])cc([N+](=O)[O-])c(O)c4C(=O)C3=C(O)[C@]2(O)C1=O. The molecular weight excluding hydrogens is 446 g/mol. The zero-order chi connectivity index (χ0) is 24.6. The highest BCUT2D eigenvalue weighted by Gasteiger charge is 2.60. The van der Waals surface area contributed by atoms with Crippen LogP contribution in [-0.4, -0.2) is 53.3 Å². The number of aliphatic hydroxyl groups is 3. The smallest absolute Gasteiger partial charge is 0.318 e. The molecule has 0 spiro atoms. The number of carbonyl (C=O) groups excluding carboxylic acids is 3. The van der Waals surface area contributed by atoms with Crippen LogP contribution in [0, 0.1) is 32.1 Å². The first-order valence-electron chi connectivity index (χ1n) is 9.47. The minimum Gasteiger partial charge on any atom is -0.511 e. The summed E-state index contributed by atoms with van der Waals surface area (Å²) in [6, 6.07) is 0.521. The van der Waals surface area contributed by atoms with Gasteiger partial charge in [-0.2, -0.15) is 0 Å². The number of nitrogens with two attached hydrogens (primary N) is 1. The number of aromatic hydroxyl groups is 1. The Kier molecular flexibility index (Phi) is 4.53. The number of primary amides is 1. The third-order valence-electron chi connectivity index (χ3n) is 6.41. The molecule has 2 unspecified atom stereocenters.